The van der Waals surface area contributed by atoms with Gasteiger partial charge in [0.05, 0.1) is 6.61 Å². The van der Waals surface area contributed by atoms with Crippen molar-refractivity contribution in [1.82, 2.24) is 10.2 Å². The van der Waals surface area contributed by atoms with Crippen molar-refractivity contribution < 1.29 is 22.7 Å². The maximum Gasteiger partial charge on any atom is 0.389 e. The third-order valence-corrected chi connectivity index (χ3v) is 3.88. The van der Waals surface area contributed by atoms with Gasteiger partial charge in [-0.25, -0.2) is 0 Å². The molecule has 0 radical (unpaired) electrons. The molecule has 1 N–H and O–H groups in total. The number of alkyl halides is 3. The first-order chi connectivity index (χ1) is 9.79. The number of carbonyl (C=O) groups is 1. The van der Waals surface area contributed by atoms with Gasteiger partial charge in [0.1, 0.15) is 5.54 Å². The van der Waals surface area contributed by atoms with Gasteiger partial charge in [0.2, 0.25) is 0 Å². The molecule has 1 aliphatic rings. The van der Waals surface area contributed by atoms with E-state index < -0.39 is 24.1 Å². The van der Waals surface area contributed by atoms with Crippen LogP contribution in [0.2, 0.25) is 0 Å². The van der Waals surface area contributed by atoms with Gasteiger partial charge in [0.15, 0.2) is 0 Å². The Kier molecular flexibility index (Phi) is 6.93. The Balaban J connectivity index is 2.75. The highest BCUT2D eigenvalue weighted by Gasteiger charge is 2.41. The molecule has 4 nitrogen and oxygen atoms in total. The molecule has 1 saturated heterocycles. The summed E-state index contributed by atoms with van der Waals surface area (Å²) in [6.07, 6.45) is -4.09. The molecule has 1 fully saturated rings. The number of nitrogens with zero attached hydrogens (tertiary/aromatic N) is 1. The minimum Gasteiger partial charge on any atom is -0.465 e. The summed E-state index contributed by atoms with van der Waals surface area (Å²) in [5.41, 5.74) is -0.979. The van der Waals surface area contributed by atoms with E-state index in [4.69, 9.17) is 4.74 Å². The molecular weight excluding hydrogens is 285 g/mol. The largest absolute Gasteiger partial charge is 0.465 e. The topological polar surface area (TPSA) is 41.6 Å². The average molecular weight is 310 g/mol. The Bertz CT molecular complexity index is 329. The van der Waals surface area contributed by atoms with Crippen LogP contribution in [0, 0.1) is 0 Å². The molecule has 1 atom stereocenters. The highest BCUT2D eigenvalue weighted by atomic mass is 19.4. The summed E-state index contributed by atoms with van der Waals surface area (Å²) < 4.78 is 42.1. The quantitative estimate of drug-likeness (QED) is 0.765. The van der Waals surface area contributed by atoms with E-state index in [1.54, 1.807) is 13.8 Å². The molecule has 0 aromatic heterocycles. The maximum absolute atomic E-state index is 12.3. The van der Waals surface area contributed by atoms with E-state index in [0.29, 0.717) is 13.1 Å². The Morgan fingerprint density at radius 3 is 2.57 bits per heavy atom. The molecule has 0 amide bonds. The molecule has 0 bridgehead atoms. The van der Waals surface area contributed by atoms with Crippen molar-refractivity contribution in [3.63, 3.8) is 0 Å². The molecule has 1 rings (SSSR count). The summed E-state index contributed by atoms with van der Waals surface area (Å²) in [5, 5.41) is 3.23. The highest BCUT2D eigenvalue weighted by Crippen LogP contribution is 2.29. The van der Waals surface area contributed by atoms with E-state index in [0.717, 1.165) is 19.5 Å². The van der Waals surface area contributed by atoms with Crippen LogP contribution < -0.4 is 5.32 Å². The van der Waals surface area contributed by atoms with Gasteiger partial charge in [-0.1, -0.05) is 0 Å². The number of rotatable bonds is 6. The minimum absolute atomic E-state index is 0.0667. The normalized spacial score (nSPS) is 20.6. The second kappa shape index (κ2) is 7.98. The van der Waals surface area contributed by atoms with Gasteiger partial charge < -0.3 is 10.1 Å². The zero-order valence-electron chi connectivity index (χ0n) is 12.8. The van der Waals surface area contributed by atoms with E-state index in [1.807, 2.05) is 4.90 Å². The number of halogens is 3. The van der Waals surface area contributed by atoms with E-state index in [2.05, 4.69) is 5.32 Å². The molecule has 1 unspecified atom stereocenters. The summed E-state index contributed by atoms with van der Waals surface area (Å²) in [6, 6.07) is 0. The molecule has 21 heavy (non-hydrogen) atoms. The Morgan fingerprint density at radius 1 is 1.24 bits per heavy atom. The Labute approximate surface area is 124 Å². The molecule has 1 aliphatic heterocycles. The number of ether oxygens (including phenoxy) is 1. The van der Waals surface area contributed by atoms with Gasteiger partial charge in [-0.15, -0.1) is 0 Å². The number of hydrogen-bond acceptors (Lipinski definition) is 4. The molecule has 0 spiro atoms. The van der Waals surface area contributed by atoms with Crippen LogP contribution in [0.3, 0.4) is 0 Å². The maximum atomic E-state index is 12.3. The lowest BCUT2D eigenvalue weighted by Crippen LogP contribution is -2.54. The van der Waals surface area contributed by atoms with E-state index in [9.17, 15) is 18.0 Å². The Hall–Kier alpha value is -0.820. The molecular formula is C14H25F3N2O2. The van der Waals surface area contributed by atoms with Gasteiger partial charge >= 0.3 is 12.1 Å². The van der Waals surface area contributed by atoms with Crippen LogP contribution in [-0.2, 0) is 9.53 Å². The van der Waals surface area contributed by atoms with E-state index in [1.165, 1.54) is 0 Å². The number of hydrogen-bond donors (Lipinski definition) is 1. The molecule has 124 valence electrons. The predicted molar refractivity (Wildman–Crippen MR) is 74.0 cm³/mol. The van der Waals surface area contributed by atoms with Gasteiger partial charge in [-0.3, -0.25) is 9.69 Å². The van der Waals surface area contributed by atoms with Crippen LogP contribution in [0.5, 0.6) is 0 Å². The molecule has 1 heterocycles. The minimum atomic E-state index is -4.18. The standard InChI is InChI=1S/C14H25F3N2O2/c1-3-21-12(20)13(2,6-4-7-14(15,16)17)19-10-5-8-18-9-11-19/h18H,3-11H2,1-2H3. The zero-order valence-corrected chi connectivity index (χ0v) is 12.8. The smallest absolute Gasteiger partial charge is 0.389 e. The van der Waals surface area contributed by atoms with Crippen LogP contribution >= 0.6 is 0 Å². The summed E-state index contributed by atoms with van der Waals surface area (Å²) >= 11 is 0. The lowest BCUT2D eigenvalue weighted by molar-refractivity contribution is -0.160. The molecule has 0 saturated carbocycles. The molecule has 7 heteroatoms. The summed E-state index contributed by atoms with van der Waals surface area (Å²) in [5.74, 6) is -0.422. The van der Waals surface area contributed by atoms with E-state index >= 15 is 0 Å². The van der Waals surface area contributed by atoms with Crippen LogP contribution in [0.25, 0.3) is 0 Å². The average Bonchev–Trinajstić information content (AvgIpc) is 2.66. The fraction of sp³-hybridized carbons (Fsp3) is 0.929. The van der Waals surface area contributed by atoms with Crippen molar-refractivity contribution in [3.8, 4) is 0 Å². The number of carbonyl (C=O) groups excluding carboxylic acids is 1. The van der Waals surface area contributed by atoms with Crippen molar-refractivity contribution in [3.05, 3.63) is 0 Å². The van der Waals surface area contributed by atoms with E-state index in [-0.39, 0.29) is 19.4 Å². The predicted octanol–water partition coefficient (Wildman–Crippen LogP) is 2.34. The van der Waals surface area contributed by atoms with Crippen molar-refractivity contribution in [2.75, 3.05) is 32.8 Å². The lowest BCUT2D eigenvalue weighted by atomic mass is 9.92. The third-order valence-electron chi connectivity index (χ3n) is 3.88. The van der Waals surface area contributed by atoms with Gasteiger partial charge in [-0.05, 0) is 39.7 Å². The van der Waals surface area contributed by atoms with Crippen molar-refractivity contribution in [2.24, 2.45) is 0 Å². The van der Waals surface area contributed by atoms with Crippen LogP contribution in [0.1, 0.15) is 39.5 Å². The molecule has 0 aromatic rings. The monoisotopic (exact) mass is 310 g/mol. The van der Waals surface area contributed by atoms with Crippen molar-refractivity contribution in [1.29, 1.82) is 0 Å². The summed E-state index contributed by atoms with van der Waals surface area (Å²) in [6.45, 7) is 6.56. The second-order valence-corrected chi connectivity index (χ2v) is 5.55. The van der Waals surface area contributed by atoms with Gasteiger partial charge in [-0.2, -0.15) is 13.2 Å². The first kappa shape index (κ1) is 18.2. The first-order valence-corrected chi connectivity index (χ1v) is 7.49. The second-order valence-electron chi connectivity index (χ2n) is 5.55. The lowest BCUT2D eigenvalue weighted by Gasteiger charge is -2.38. The van der Waals surface area contributed by atoms with Crippen LogP contribution in [0.15, 0.2) is 0 Å². The Morgan fingerprint density at radius 2 is 1.95 bits per heavy atom. The molecule has 0 aliphatic carbocycles. The fourth-order valence-electron chi connectivity index (χ4n) is 2.65. The fourth-order valence-corrected chi connectivity index (χ4v) is 2.65. The highest BCUT2D eigenvalue weighted by molar-refractivity contribution is 5.80. The first-order valence-electron chi connectivity index (χ1n) is 7.49. The summed E-state index contributed by atoms with van der Waals surface area (Å²) in [4.78, 5) is 14.2. The molecule has 0 aromatic carbocycles. The third kappa shape index (κ3) is 5.82. The number of nitrogens with one attached hydrogen (secondary N) is 1. The van der Waals surface area contributed by atoms with Crippen molar-refractivity contribution in [2.45, 2.75) is 51.2 Å². The van der Waals surface area contributed by atoms with Crippen LogP contribution in [0.4, 0.5) is 13.2 Å². The van der Waals surface area contributed by atoms with Gasteiger partial charge in [0, 0.05) is 26.1 Å². The zero-order chi connectivity index (χ0) is 15.9. The number of esters is 1. The summed E-state index contributed by atoms with van der Waals surface area (Å²) in [7, 11) is 0. The SMILES string of the molecule is CCOC(=O)C(C)(CCCC(F)(F)F)N1CCCNCC1. The van der Waals surface area contributed by atoms with Gasteiger partial charge in [0.25, 0.3) is 0 Å². The van der Waals surface area contributed by atoms with Crippen molar-refractivity contribution >= 4 is 5.97 Å². The van der Waals surface area contributed by atoms with Crippen LogP contribution in [-0.4, -0.2) is 55.4 Å².